The Morgan fingerprint density at radius 2 is 1.88 bits per heavy atom. The van der Waals surface area contributed by atoms with Crippen LogP contribution in [0.5, 0.6) is 0 Å². The number of benzene rings is 1. The van der Waals surface area contributed by atoms with Crippen LogP contribution in [0.25, 0.3) is 0 Å². The van der Waals surface area contributed by atoms with Gasteiger partial charge in [-0.1, -0.05) is 12.1 Å². The highest BCUT2D eigenvalue weighted by Gasteiger charge is 2.03. The molecule has 0 atom stereocenters. The van der Waals surface area contributed by atoms with Gasteiger partial charge in [-0.25, -0.2) is 9.37 Å². The van der Waals surface area contributed by atoms with Crippen LogP contribution in [0.3, 0.4) is 0 Å². The van der Waals surface area contributed by atoms with Crippen molar-refractivity contribution in [2.24, 2.45) is 0 Å². The van der Waals surface area contributed by atoms with Crippen molar-refractivity contribution in [3.05, 3.63) is 51.2 Å². The van der Waals surface area contributed by atoms with Crippen LogP contribution in [0, 0.1) is 19.7 Å². The van der Waals surface area contributed by atoms with Crippen LogP contribution in [0.4, 0.5) is 4.39 Å². The first-order valence-corrected chi connectivity index (χ1v) is 6.35. The molecule has 0 unspecified atom stereocenters. The highest BCUT2D eigenvalue weighted by Crippen LogP contribution is 2.16. The second-order valence-electron chi connectivity index (χ2n) is 3.97. The Kier molecular flexibility index (Phi) is 3.86. The van der Waals surface area contributed by atoms with Crippen molar-refractivity contribution in [3.63, 3.8) is 0 Å². The molecular formula is C13H15FN2S. The third-order valence-corrected chi connectivity index (χ3v) is 3.60. The van der Waals surface area contributed by atoms with Crippen LogP contribution < -0.4 is 5.32 Å². The number of hydrogen-bond acceptors (Lipinski definition) is 3. The Morgan fingerprint density at radius 1 is 1.18 bits per heavy atom. The normalized spacial score (nSPS) is 10.8. The first-order chi connectivity index (χ1) is 8.15. The molecule has 1 aromatic heterocycles. The molecule has 0 aliphatic heterocycles. The highest BCUT2D eigenvalue weighted by atomic mass is 32.1. The number of aromatic nitrogens is 1. The van der Waals surface area contributed by atoms with E-state index < -0.39 is 0 Å². The lowest BCUT2D eigenvalue weighted by Gasteiger charge is -2.03. The number of nitrogens with one attached hydrogen (secondary N) is 1. The monoisotopic (exact) mass is 250 g/mol. The molecule has 0 radical (unpaired) electrons. The third-order valence-electron chi connectivity index (χ3n) is 2.53. The largest absolute Gasteiger partial charge is 0.308 e. The molecule has 2 aromatic rings. The average molecular weight is 250 g/mol. The summed E-state index contributed by atoms with van der Waals surface area (Å²) < 4.78 is 12.7. The van der Waals surface area contributed by atoms with Crippen molar-refractivity contribution in [2.75, 3.05) is 0 Å². The fourth-order valence-electron chi connectivity index (χ4n) is 1.66. The van der Waals surface area contributed by atoms with Gasteiger partial charge in [0, 0.05) is 18.0 Å². The molecular weight excluding hydrogens is 235 g/mol. The van der Waals surface area contributed by atoms with Crippen LogP contribution in [0.15, 0.2) is 24.3 Å². The van der Waals surface area contributed by atoms with Gasteiger partial charge in [-0.15, -0.1) is 11.3 Å². The Balaban J connectivity index is 1.87. The van der Waals surface area contributed by atoms with Crippen molar-refractivity contribution in [1.82, 2.24) is 10.3 Å². The van der Waals surface area contributed by atoms with E-state index in [1.165, 1.54) is 17.0 Å². The van der Waals surface area contributed by atoms with E-state index in [4.69, 9.17) is 0 Å². The molecule has 0 fully saturated rings. The molecule has 2 nitrogen and oxygen atoms in total. The molecule has 90 valence electrons. The average Bonchev–Trinajstić information content (AvgIpc) is 2.60. The van der Waals surface area contributed by atoms with E-state index in [-0.39, 0.29) is 5.82 Å². The zero-order valence-corrected chi connectivity index (χ0v) is 10.8. The fraction of sp³-hybridized carbons (Fsp3) is 0.308. The Hall–Kier alpha value is -1.26. The molecule has 0 saturated carbocycles. The van der Waals surface area contributed by atoms with Crippen LogP contribution >= 0.6 is 11.3 Å². The summed E-state index contributed by atoms with van der Waals surface area (Å²) in [6.07, 6.45) is 0. The van der Waals surface area contributed by atoms with Gasteiger partial charge in [-0.2, -0.15) is 0 Å². The topological polar surface area (TPSA) is 24.9 Å². The summed E-state index contributed by atoms with van der Waals surface area (Å²) in [5.41, 5.74) is 2.18. The molecule has 0 amide bonds. The van der Waals surface area contributed by atoms with Crippen molar-refractivity contribution >= 4 is 11.3 Å². The minimum Gasteiger partial charge on any atom is -0.308 e. The summed E-state index contributed by atoms with van der Waals surface area (Å²) in [7, 11) is 0. The number of hydrogen-bond donors (Lipinski definition) is 1. The quantitative estimate of drug-likeness (QED) is 0.901. The molecule has 0 bridgehead atoms. The zero-order chi connectivity index (χ0) is 12.3. The molecule has 4 heteroatoms. The van der Waals surface area contributed by atoms with E-state index in [9.17, 15) is 4.39 Å². The van der Waals surface area contributed by atoms with Gasteiger partial charge in [0.15, 0.2) is 0 Å². The summed E-state index contributed by atoms with van der Waals surface area (Å²) in [4.78, 5) is 5.65. The van der Waals surface area contributed by atoms with Crippen LogP contribution in [0.1, 0.15) is 21.1 Å². The lowest BCUT2D eigenvalue weighted by molar-refractivity contribution is 0.625. The van der Waals surface area contributed by atoms with Gasteiger partial charge in [0.1, 0.15) is 5.82 Å². The molecule has 0 spiro atoms. The number of rotatable bonds is 4. The number of thiazole rings is 1. The molecule has 0 aliphatic carbocycles. The zero-order valence-electron chi connectivity index (χ0n) is 9.96. The number of aryl methyl sites for hydroxylation is 2. The SMILES string of the molecule is Cc1nc(C)c(CNCc2ccc(F)cc2)s1. The second-order valence-corrected chi connectivity index (χ2v) is 5.26. The van der Waals surface area contributed by atoms with Gasteiger partial charge in [0.2, 0.25) is 0 Å². The Labute approximate surface area is 105 Å². The van der Waals surface area contributed by atoms with Crippen LogP contribution in [-0.2, 0) is 13.1 Å². The molecule has 1 heterocycles. The van der Waals surface area contributed by atoms with Gasteiger partial charge in [0.05, 0.1) is 10.7 Å². The molecule has 17 heavy (non-hydrogen) atoms. The van der Waals surface area contributed by atoms with Crippen molar-refractivity contribution < 1.29 is 4.39 Å². The lowest BCUT2D eigenvalue weighted by atomic mass is 10.2. The second kappa shape index (κ2) is 5.38. The minimum absolute atomic E-state index is 0.192. The van der Waals surface area contributed by atoms with Crippen molar-refractivity contribution in [3.8, 4) is 0 Å². The van der Waals surface area contributed by atoms with Gasteiger partial charge in [-0.05, 0) is 31.5 Å². The van der Waals surface area contributed by atoms with E-state index >= 15 is 0 Å². The Bertz CT molecular complexity index is 491. The third kappa shape index (κ3) is 3.35. The van der Waals surface area contributed by atoms with E-state index in [0.717, 1.165) is 29.4 Å². The van der Waals surface area contributed by atoms with Crippen LogP contribution in [-0.4, -0.2) is 4.98 Å². The molecule has 1 aromatic carbocycles. The van der Waals surface area contributed by atoms with Gasteiger partial charge in [0.25, 0.3) is 0 Å². The molecule has 2 rings (SSSR count). The summed E-state index contributed by atoms with van der Waals surface area (Å²) in [5, 5.41) is 4.44. The Morgan fingerprint density at radius 3 is 2.47 bits per heavy atom. The predicted octanol–water partition coefficient (Wildman–Crippen LogP) is 3.19. The van der Waals surface area contributed by atoms with Gasteiger partial charge in [-0.3, -0.25) is 0 Å². The number of halogens is 1. The standard InChI is InChI=1S/C13H15FN2S/c1-9-13(17-10(2)16-9)8-15-7-11-3-5-12(14)6-4-11/h3-6,15H,7-8H2,1-2H3. The van der Waals surface area contributed by atoms with Crippen LogP contribution in [0.2, 0.25) is 0 Å². The lowest BCUT2D eigenvalue weighted by Crippen LogP contribution is -2.12. The van der Waals surface area contributed by atoms with E-state index in [1.54, 1.807) is 23.5 Å². The highest BCUT2D eigenvalue weighted by molar-refractivity contribution is 7.11. The molecule has 0 aliphatic rings. The minimum atomic E-state index is -0.192. The first kappa shape index (κ1) is 12.2. The summed E-state index contributed by atoms with van der Waals surface area (Å²) in [6, 6.07) is 6.57. The van der Waals surface area contributed by atoms with E-state index in [1.807, 2.05) is 13.8 Å². The molecule has 1 N–H and O–H groups in total. The smallest absolute Gasteiger partial charge is 0.123 e. The van der Waals surface area contributed by atoms with Gasteiger partial charge < -0.3 is 5.32 Å². The van der Waals surface area contributed by atoms with Crippen molar-refractivity contribution in [1.29, 1.82) is 0 Å². The maximum atomic E-state index is 12.7. The number of nitrogens with zero attached hydrogens (tertiary/aromatic N) is 1. The first-order valence-electron chi connectivity index (χ1n) is 5.53. The molecule has 0 saturated heterocycles. The predicted molar refractivity (Wildman–Crippen MR) is 68.5 cm³/mol. The van der Waals surface area contributed by atoms with E-state index in [2.05, 4.69) is 10.3 Å². The van der Waals surface area contributed by atoms with Gasteiger partial charge >= 0.3 is 0 Å². The summed E-state index contributed by atoms with van der Waals surface area (Å²) >= 11 is 1.72. The summed E-state index contributed by atoms with van der Waals surface area (Å²) in [5.74, 6) is -0.192. The summed E-state index contributed by atoms with van der Waals surface area (Å²) in [6.45, 7) is 5.60. The van der Waals surface area contributed by atoms with Crippen molar-refractivity contribution in [2.45, 2.75) is 26.9 Å². The van der Waals surface area contributed by atoms with E-state index in [0.29, 0.717) is 0 Å². The maximum Gasteiger partial charge on any atom is 0.123 e. The fourth-order valence-corrected chi connectivity index (χ4v) is 2.57. The maximum absolute atomic E-state index is 12.7.